The molecule has 0 aliphatic rings. The summed E-state index contributed by atoms with van der Waals surface area (Å²) in [7, 11) is 0. The molecule has 19 heavy (non-hydrogen) atoms. The molecule has 1 atom stereocenters. The molecular formula is C12H11N2O4S-. The number of carboxylic acids is 1. The van der Waals surface area contributed by atoms with Crippen LogP contribution in [0.4, 0.5) is 0 Å². The number of hydrogen-bond donors (Lipinski definition) is 1. The van der Waals surface area contributed by atoms with Gasteiger partial charge in [0.05, 0.1) is 11.3 Å². The zero-order chi connectivity index (χ0) is 14.0. The Kier molecular flexibility index (Phi) is 3.77. The molecule has 1 aromatic carbocycles. The van der Waals surface area contributed by atoms with E-state index in [1.807, 2.05) is 0 Å². The Bertz CT molecular complexity index is 637. The Morgan fingerprint density at radius 1 is 1.53 bits per heavy atom. The number of benzene rings is 1. The van der Waals surface area contributed by atoms with Crippen molar-refractivity contribution < 1.29 is 18.7 Å². The van der Waals surface area contributed by atoms with E-state index in [0.717, 1.165) is 0 Å². The van der Waals surface area contributed by atoms with E-state index in [9.17, 15) is 13.6 Å². The van der Waals surface area contributed by atoms with Crippen LogP contribution in [0.5, 0.6) is 0 Å². The van der Waals surface area contributed by atoms with Gasteiger partial charge in [-0.25, -0.2) is 9.48 Å². The predicted molar refractivity (Wildman–Crippen MR) is 67.9 cm³/mol. The molecule has 1 heterocycles. The third kappa shape index (κ3) is 2.72. The maximum Gasteiger partial charge on any atom is 0.336 e. The lowest BCUT2D eigenvalue weighted by Crippen LogP contribution is -2.10. The molecule has 0 fully saturated rings. The average molecular weight is 279 g/mol. The number of aromatic nitrogens is 2. The van der Waals surface area contributed by atoms with E-state index >= 15 is 0 Å². The summed E-state index contributed by atoms with van der Waals surface area (Å²) in [5.41, 5.74) is 1.62. The van der Waals surface area contributed by atoms with Crippen molar-refractivity contribution in [1.29, 1.82) is 0 Å². The summed E-state index contributed by atoms with van der Waals surface area (Å²) in [6.07, 6.45) is 3.19. The fourth-order valence-electron chi connectivity index (χ4n) is 1.95. The molecule has 7 heteroatoms. The van der Waals surface area contributed by atoms with Crippen molar-refractivity contribution in [2.24, 2.45) is 0 Å². The molecule has 2 rings (SSSR count). The van der Waals surface area contributed by atoms with E-state index in [-0.39, 0.29) is 11.3 Å². The van der Waals surface area contributed by atoms with E-state index in [2.05, 4.69) is 5.10 Å². The third-order valence-corrected chi connectivity index (χ3v) is 3.30. The van der Waals surface area contributed by atoms with Crippen LogP contribution in [0.25, 0.3) is 5.69 Å². The maximum atomic E-state index is 11.1. The van der Waals surface area contributed by atoms with E-state index in [1.165, 1.54) is 16.8 Å². The lowest BCUT2D eigenvalue weighted by Gasteiger charge is -2.15. The molecular weight excluding hydrogens is 268 g/mol. The van der Waals surface area contributed by atoms with Gasteiger partial charge < -0.3 is 9.66 Å². The first kappa shape index (κ1) is 13.4. The summed E-state index contributed by atoms with van der Waals surface area (Å²) >= 11 is -2.25. The van der Waals surface area contributed by atoms with Crippen molar-refractivity contribution >= 4 is 17.0 Å². The van der Waals surface area contributed by atoms with E-state index in [1.54, 1.807) is 25.4 Å². The zero-order valence-corrected chi connectivity index (χ0v) is 10.9. The molecule has 0 radical (unpaired) electrons. The van der Waals surface area contributed by atoms with E-state index in [0.29, 0.717) is 16.8 Å². The third-order valence-electron chi connectivity index (χ3n) is 2.75. The summed E-state index contributed by atoms with van der Waals surface area (Å²) in [4.78, 5) is 11.1. The Balaban J connectivity index is 2.66. The highest BCUT2D eigenvalue weighted by atomic mass is 32.2. The minimum absolute atomic E-state index is 0.130. The predicted octanol–water partition coefficient (Wildman–Crippen LogP) is 1.26. The van der Waals surface area contributed by atoms with Gasteiger partial charge in [-0.15, -0.1) is 0 Å². The first-order valence-electron chi connectivity index (χ1n) is 5.42. The van der Waals surface area contributed by atoms with Crippen LogP contribution in [0.2, 0.25) is 0 Å². The van der Waals surface area contributed by atoms with Crippen molar-refractivity contribution in [3.8, 4) is 5.69 Å². The Hall–Kier alpha value is -1.99. The Labute approximate surface area is 112 Å². The lowest BCUT2D eigenvalue weighted by molar-refractivity contribution is 0.0696. The van der Waals surface area contributed by atoms with Crippen molar-refractivity contribution in [2.75, 3.05) is 0 Å². The largest absolute Gasteiger partial charge is 0.772 e. The highest BCUT2D eigenvalue weighted by Crippen LogP contribution is 2.23. The van der Waals surface area contributed by atoms with E-state index in [4.69, 9.17) is 5.11 Å². The molecule has 100 valence electrons. The van der Waals surface area contributed by atoms with Gasteiger partial charge >= 0.3 is 5.97 Å². The van der Waals surface area contributed by atoms with Gasteiger partial charge in [-0.05, 0) is 30.2 Å². The fraction of sp³-hybridized carbons (Fsp3) is 0.167. The van der Waals surface area contributed by atoms with Gasteiger partial charge in [-0.2, -0.15) is 5.10 Å². The standard InChI is InChI=1S/C12H12N2O4S/c1-8-10(12(15)16)4-3-9(7-19(17)18)11(8)14-6-2-5-13-14/h2-6H,7H2,1H3,(H,15,16)(H,17,18)/p-1. The summed E-state index contributed by atoms with van der Waals surface area (Å²) in [5.74, 6) is -1.24. The van der Waals surface area contributed by atoms with Gasteiger partial charge in [-0.1, -0.05) is 17.1 Å². The van der Waals surface area contributed by atoms with Crippen molar-refractivity contribution in [3.63, 3.8) is 0 Å². The van der Waals surface area contributed by atoms with Gasteiger partial charge in [0, 0.05) is 18.1 Å². The van der Waals surface area contributed by atoms with Crippen LogP contribution in [-0.2, 0) is 16.8 Å². The lowest BCUT2D eigenvalue weighted by atomic mass is 10.0. The highest BCUT2D eigenvalue weighted by Gasteiger charge is 2.16. The molecule has 6 nitrogen and oxygen atoms in total. The van der Waals surface area contributed by atoms with Crippen LogP contribution in [0.3, 0.4) is 0 Å². The number of nitrogens with zero attached hydrogens (tertiary/aromatic N) is 2. The topological polar surface area (TPSA) is 95.2 Å². The molecule has 1 aromatic heterocycles. The quantitative estimate of drug-likeness (QED) is 0.850. The maximum absolute atomic E-state index is 11.1. The van der Waals surface area contributed by atoms with E-state index < -0.39 is 17.0 Å². The van der Waals surface area contributed by atoms with Crippen LogP contribution in [0.1, 0.15) is 21.5 Å². The number of rotatable bonds is 4. The van der Waals surface area contributed by atoms with Gasteiger partial charge in [0.1, 0.15) is 0 Å². The molecule has 0 saturated carbocycles. The summed E-state index contributed by atoms with van der Waals surface area (Å²) in [5, 5.41) is 13.1. The van der Waals surface area contributed by atoms with Crippen LogP contribution in [0.15, 0.2) is 30.6 Å². The molecule has 0 amide bonds. The summed E-state index contributed by atoms with van der Waals surface area (Å²) < 4.78 is 23.2. The van der Waals surface area contributed by atoms with Crippen LogP contribution in [0, 0.1) is 6.92 Å². The number of carbonyl (C=O) groups is 1. The van der Waals surface area contributed by atoms with Gasteiger partial charge in [0.25, 0.3) is 0 Å². The number of hydrogen-bond acceptors (Lipinski definition) is 4. The molecule has 0 bridgehead atoms. The van der Waals surface area contributed by atoms with Crippen molar-refractivity contribution in [2.45, 2.75) is 12.7 Å². The highest BCUT2D eigenvalue weighted by molar-refractivity contribution is 7.78. The molecule has 1 unspecified atom stereocenters. The molecule has 0 saturated heterocycles. The average Bonchev–Trinajstić information content (AvgIpc) is 2.81. The summed E-state index contributed by atoms with van der Waals surface area (Å²) in [6.45, 7) is 1.64. The fourth-order valence-corrected chi connectivity index (χ4v) is 2.44. The smallest absolute Gasteiger partial charge is 0.336 e. The molecule has 0 spiro atoms. The second-order valence-electron chi connectivity index (χ2n) is 3.95. The van der Waals surface area contributed by atoms with Crippen LogP contribution >= 0.6 is 0 Å². The second-order valence-corrected chi connectivity index (χ2v) is 4.85. The molecule has 1 N–H and O–H groups in total. The zero-order valence-electron chi connectivity index (χ0n) is 10.1. The molecule has 0 aliphatic heterocycles. The van der Waals surface area contributed by atoms with Crippen molar-refractivity contribution in [1.82, 2.24) is 9.78 Å². The number of aromatic carboxylic acids is 1. The van der Waals surface area contributed by atoms with Gasteiger partial charge in [0.2, 0.25) is 0 Å². The van der Waals surface area contributed by atoms with Gasteiger partial charge in [-0.3, -0.25) is 4.21 Å². The molecule has 2 aromatic rings. The number of carboxylic acid groups (broad SMARTS) is 1. The van der Waals surface area contributed by atoms with Gasteiger partial charge in [0.15, 0.2) is 0 Å². The second kappa shape index (κ2) is 5.33. The van der Waals surface area contributed by atoms with Crippen LogP contribution < -0.4 is 0 Å². The Morgan fingerprint density at radius 3 is 2.79 bits per heavy atom. The minimum atomic E-state index is -2.25. The minimum Gasteiger partial charge on any atom is -0.772 e. The first-order chi connectivity index (χ1) is 9.00. The molecule has 0 aliphatic carbocycles. The monoisotopic (exact) mass is 279 g/mol. The van der Waals surface area contributed by atoms with Crippen LogP contribution in [-0.4, -0.2) is 29.6 Å². The summed E-state index contributed by atoms with van der Waals surface area (Å²) in [6, 6.07) is 4.60. The first-order valence-corrected chi connectivity index (χ1v) is 6.66. The van der Waals surface area contributed by atoms with Crippen molar-refractivity contribution in [3.05, 3.63) is 47.3 Å². The normalized spacial score (nSPS) is 12.3. The Morgan fingerprint density at radius 2 is 2.26 bits per heavy atom. The SMILES string of the molecule is Cc1c(C(=O)O)ccc(CS(=O)[O-])c1-n1cccn1.